The molecule has 7 heteroatoms. The van der Waals surface area contributed by atoms with E-state index < -0.39 is 0 Å². The summed E-state index contributed by atoms with van der Waals surface area (Å²) >= 11 is 6.05. The lowest BCUT2D eigenvalue weighted by Gasteiger charge is -2.33. The number of benzene rings is 2. The number of anilines is 1. The van der Waals surface area contributed by atoms with Crippen LogP contribution in [0.3, 0.4) is 0 Å². The molecule has 146 valence electrons. The summed E-state index contributed by atoms with van der Waals surface area (Å²) in [5.74, 6) is 2.20. The Kier molecular flexibility index (Phi) is 5.78. The van der Waals surface area contributed by atoms with Crippen molar-refractivity contribution in [2.24, 2.45) is 0 Å². The standard InChI is InChI=1S/C21H23ClN4O2/c1-2-27-19-9-4-3-8-18(19)26-12-10-25(11-13-26)15-20-23-21(24-28-20)16-6-5-7-17(22)14-16/h3-9,14H,2,10-13,15H2,1H3/p+1. The second kappa shape index (κ2) is 8.63. The molecule has 0 atom stereocenters. The number of para-hydroxylation sites is 2. The Balaban J connectivity index is 1.36. The van der Waals surface area contributed by atoms with Crippen LogP contribution in [0.4, 0.5) is 5.69 Å². The van der Waals surface area contributed by atoms with Crippen LogP contribution in [0.5, 0.6) is 5.75 Å². The molecule has 0 amide bonds. The molecule has 28 heavy (non-hydrogen) atoms. The third-order valence-corrected chi connectivity index (χ3v) is 5.16. The van der Waals surface area contributed by atoms with Crippen molar-refractivity contribution in [3.63, 3.8) is 0 Å². The van der Waals surface area contributed by atoms with Gasteiger partial charge in [0.25, 0.3) is 5.89 Å². The van der Waals surface area contributed by atoms with E-state index in [4.69, 9.17) is 20.9 Å². The summed E-state index contributed by atoms with van der Waals surface area (Å²) in [6, 6.07) is 15.7. The van der Waals surface area contributed by atoms with Crippen molar-refractivity contribution >= 4 is 17.3 Å². The maximum absolute atomic E-state index is 6.05. The number of nitrogens with one attached hydrogen (secondary N) is 1. The third-order valence-electron chi connectivity index (χ3n) is 4.93. The predicted octanol–water partition coefficient (Wildman–Crippen LogP) is 2.69. The molecule has 0 spiro atoms. The Morgan fingerprint density at radius 1 is 1.14 bits per heavy atom. The van der Waals surface area contributed by atoms with E-state index in [1.807, 2.05) is 43.3 Å². The highest BCUT2D eigenvalue weighted by Gasteiger charge is 2.24. The summed E-state index contributed by atoms with van der Waals surface area (Å²) in [5, 5.41) is 4.77. The summed E-state index contributed by atoms with van der Waals surface area (Å²) in [5.41, 5.74) is 2.04. The van der Waals surface area contributed by atoms with Gasteiger partial charge in [0.05, 0.1) is 38.5 Å². The molecule has 0 bridgehead atoms. The molecule has 1 aliphatic rings. The van der Waals surface area contributed by atoms with Crippen LogP contribution in [0.2, 0.25) is 5.02 Å². The molecule has 0 aliphatic carbocycles. The molecule has 2 heterocycles. The van der Waals surface area contributed by atoms with Gasteiger partial charge in [-0.25, -0.2) is 0 Å². The van der Waals surface area contributed by atoms with Crippen LogP contribution >= 0.6 is 11.6 Å². The molecule has 1 aromatic heterocycles. The topological polar surface area (TPSA) is 55.8 Å². The van der Waals surface area contributed by atoms with Crippen molar-refractivity contribution in [2.75, 3.05) is 37.7 Å². The quantitative estimate of drug-likeness (QED) is 0.690. The minimum atomic E-state index is 0.584. The van der Waals surface area contributed by atoms with E-state index in [1.54, 1.807) is 0 Å². The first-order valence-corrected chi connectivity index (χ1v) is 9.99. The maximum Gasteiger partial charge on any atom is 0.282 e. The first-order chi connectivity index (χ1) is 13.7. The van der Waals surface area contributed by atoms with Crippen molar-refractivity contribution in [2.45, 2.75) is 13.5 Å². The van der Waals surface area contributed by atoms with E-state index >= 15 is 0 Å². The van der Waals surface area contributed by atoms with Crippen LogP contribution in [0, 0.1) is 0 Å². The fourth-order valence-electron chi connectivity index (χ4n) is 3.52. The Bertz CT molecular complexity index is 922. The molecular formula is C21H24ClN4O2+. The van der Waals surface area contributed by atoms with E-state index in [-0.39, 0.29) is 0 Å². The number of ether oxygens (including phenoxy) is 1. The number of piperazine rings is 1. The molecule has 1 aliphatic heterocycles. The summed E-state index contributed by atoms with van der Waals surface area (Å²) in [6.45, 7) is 7.37. The predicted molar refractivity (Wildman–Crippen MR) is 109 cm³/mol. The molecule has 3 aromatic rings. The lowest BCUT2D eigenvalue weighted by Crippen LogP contribution is -3.13. The van der Waals surface area contributed by atoms with Gasteiger partial charge in [-0.3, -0.25) is 0 Å². The van der Waals surface area contributed by atoms with Crippen LogP contribution in [-0.4, -0.2) is 42.9 Å². The highest BCUT2D eigenvalue weighted by molar-refractivity contribution is 6.30. The lowest BCUT2D eigenvalue weighted by molar-refractivity contribution is -0.915. The highest BCUT2D eigenvalue weighted by Crippen LogP contribution is 2.27. The van der Waals surface area contributed by atoms with Gasteiger partial charge in [0.15, 0.2) is 6.54 Å². The van der Waals surface area contributed by atoms with E-state index in [1.165, 1.54) is 10.6 Å². The normalized spacial score (nSPS) is 15.0. The molecule has 2 aromatic carbocycles. The van der Waals surface area contributed by atoms with Crippen LogP contribution in [0.1, 0.15) is 12.8 Å². The monoisotopic (exact) mass is 399 g/mol. The van der Waals surface area contributed by atoms with Crippen LogP contribution in [0.15, 0.2) is 53.1 Å². The Hall–Kier alpha value is -2.57. The van der Waals surface area contributed by atoms with Gasteiger partial charge in [-0.1, -0.05) is 41.0 Å². The number of quaternary nitrogens is 1. The fraction of sp³-hybridized carbons (Fsp3) is 0.333. The molecule has 1 saturated heterocycles. The van der Waals surface area contributed by atoms with Crippen molar-refractivity contribution < 1.29 is 14.2 Å². The molecular weight excluding hydrogens is 376 g/mol. The van der Waals surface area contributed by atoms with Crippen molar-refractivity contribution in [1.82, 2.24) is 10.1 Å². The van der Waals surface area contributed by atoms with E-state index in [0.29, 0.717) is 23.3 Å². The molecule has 4 rings (SSSR count). The van der Waals surface area contributed by atoms with Gasteiger partial charge >= 0.3 is 0 Å². The van der Waals surface area contributed by atoms with E-state index in [2.05, 4.69) is 27.2 Å². The molecule has 0 unspecified atom stereocenters. The zero-order valence-corrected chi connectivity index (χ0v) is 16.7. The number of halogens is 1. The first-order valence-electron chi connectivity index (χ1n) is 9.62. The zero-order valence-electron chi connectivity index (χ0n) is 15.9. The molecule has 1 N–H and O–H groups in total. The van der Waals surface area contributed by atoms with Gasteiger partial charge < -0.3 is 19.1 Å². The first kappa shape index (κ1) is 18.8. The highest BCUT2D eigenvalue weighted by atomic mass is 35.5. The number of aromatic nitrogens is 2. The summed E-state index contributed by atoms with van der Waals surface area (Å²) in [7, 11) is 0. The fourth-order valence-corrected chi connectivity index (χ4v) is 3.71. The number of hydrogen-bond donors (Lipinski definition) is 1. The second-order valence-corrected chi connectivity index (χ2v) is 7.27. The van der Waals surface area contributed by atoms with Crippen molar-refractivity contribution in [3.8, 4) is 17.1 Å². The molecule has 0 saturated carbocycles. The maximum atomic E-state index is 6.05. The second-order valence-electron chi connectivity index (χ2n) is 6.84. The number of nitrogens with zero attached hydrogens (tertiary/aromatic N) is 3. The van der Waals surface area contributed by atoms with Gasteiger partial charge in [-0.15, -0.1) is 0 Å². The van der Waals surface area contributed by atoms with Crippen LogP contribution in [0.25, 0.3) is 11.4 Å². The number of rotatable bonds is 6. The molecule has 6 nitrogen and oxygen atoms in total. The smallest absolute Gasteiger partial charge is 0.282 e. The third kappa shape index (κ3) is 4.29. The Labute approximate surface area is 169 Å². The zero-order chi connectivity index (χ0) is 19.3. The lowest BCUT2D eigenvalue weighted by atomic mass is 10.2. The average Bonchev–Trinajstić information content (AvgIpc) is 3.18. The van der Waals surface area contributed by atoms with Crippen molar-refractivity contribution in [3.05, 3.63) is 59.4 Å². The van der Waals surface area contributed by atoms with Gasteiger partial charge in [0, 0.05) is 10.6 Å². The van der Waals surface area contributed by atoms with E-state index in [0.717, 1.165) is 44.0 Å². The Morgan fingerprint density at radius 3 is 2.75 bits per heavy atom. The SMILES string of the molecule is CCOc1ccccc1N1CC[NH+](Cc2nc(-c3cccc(Cl)c3)no2)CC1. The summed E-state index contributed by atoms with van der Waals surface area (Å²) in [4.78, 5) is 8.37. The molecule has 1 fully saturated rings. The minimum Gasteiger partial charge on any atom is -0.492 e. The summed E-state index contributed by atoms with van der Waals surface area (Å²) < 4.78 is 11.2. The van der Waals surface area contributed by atoms with Gasteiger partial charge in [0.2, 0.25) is 5.82 Å². The van der Waals surface area contributed by atoms with Crippen LogP contribution in [-0.2, 0) is 6.54 Å². The Morgan fingerprint density at radius 2 is 1.96 bits per heavy atom. The van der Waals surface area contributed by atoms with Gasteiger partial charge in [-0.2, -0.15) is 4.98 Å². The molecule has 0 radical (unpaired) electrons. The number of hydrogen-bond acceptors (Lipinski definition) is 5. The minimum absolute atomic E-state index is 0.584. The summed E-state index contributed by atoms with van der Waals surface area (Å²) in [6.07, 6.45) is 0. The average molecular weight is 400 g/mol. The van der Waals surface area contributed by atoms with Gasteiger partial charge in [-0.05, 0) is 31.2 Å². The van der Waals surface area contributed by atoms with Gasteiger partial charge in [0.1, 0.15) is 5.75 Å². The van der Waals surface area contributed by atoms with Crippen molar-refractivity contribution in [1.29, 1.82) is 0 Å². The largest absolute Gasteiger partial charge is 0.492 e. The van der Waals surface area contributed by atoms with E-state index in [9.17, 15) is 0 Å². The van der Waals surface area contributed by atoms with Crippen LogP contribution < -0.4 is 14.5 Å².